The molecule has 84 valence electrons. The van der Waals surface area contributed by atoms with Gasteiger partial charge in [0.1, 0.15) is 0 Å². The van der Waals surface area contributed by atoms with E-state index in [0.717, 1.165) is 18.5 Å². The Balaban J connectivity index is 2.15. The van der Waals surface area contributed by atoms with Crippen LogP contribution in [0.2, 0.25) is 0 Å². The Kier molecular flexibility index (Phi) is 4.90. The molecule has 0 unspecified atom stereocenters. The second kappa shape index (κ2) is 5.72. The van der Waals surface area contributed by atoms with E-state index in [9.17, 15) is 0 Å². The topological polar surface area (TPSA) is 15.3 Å². The standard InChI is InChI=1S/C12H26N2/c1-10(2)9-14(12-5-6-12)8-7-13-11(3)4/h10-13H,5-9H2,1-4H3. The second-order valence-electron chi connectivity index (χ2n) is 5.23. The molecule has 1 aliphatic carbocycles. The fourth-order valence-electron chi connectivity index (χ4n) is 1.83. The van der Waals surface area contributed by atoms with Crippen LogP contribution < -0.4 is 5.32 Å². The molecule has 0 atom stereocenters. The molecule has 0 radical (unpaired) electrons. The predicted molar refractivity (Wildman–Crippen MR) is 62.6 cm³/mol. The van der Waals surface area contributed by atoms with Gasteiger partial charge in [-0.1, -0.05) is 27.7 Å². The van der Waals surface area contributed by atoms with Crippen molar-refractivity contribution < 1.29 is 0 Å². The lowest BCUT2D eigenvalue weighted by atomic mass is 10.2. The molecule has 0 aromatic rings. The quantitative estimate of drug-likeness (QED) is 0.674. The van der Waals surface area contributed by atoms with Crippen molar-refractivity contribution in [2.45, 2.75) is 52.6 Å². The normalized spacial score (nSPS) is 17.4. The van der Waals surface area contributed by atoms with Crippen molar-refractivity contribution in [3.63, 3.8) is 0 Å². The molecule has 0 amide bonds. The molecule has 0 spiro atoms. The maximum atomic E-state index is 3.49. The van der Waals surface area contributed by atoms with Crippen molar-refractivity contribution in [1.29, 1.82) is 0 Å². The largest absolute Gasteiger partial charge is 0.313 e. The van der Waals surface area contributed by atoms with Crippen molar-refractivity contribution in [3.05, 3.63) is 0 Å². The van der Waals surface area contributed by atoms with Crippen LogP contribution in [0.5, 0.6) is 0 Å². The van der Waals surface area contributed by atoms with Crippen LogP contribution >= 0.6 is 0 Å². The van der Waals surface area contributed by atoms with Gasteiger partial charge in [0.2, 0.25) is 0 Å². The van der Waals surface area contributed by atoms with Gasteiger partial charge >= 0.3 is 0 Å². The molecule has 1 rings (SSSR count). The van der Waals surface area contributed by atoms with Gasteiger partial charge in [-0.2, -0.15) is 0 Å². The summed E-state index contributed by atoms with van der Waals surface area (Å²) in [4.78, 5) is 2.65. The minimum atomic E-state index is 0.620. The minimum Gasteiger partial charge on any atom is -0.313 e. The highest BCUT2D eigenvalue weighted by molar-refractivity contribution is 4.85. The lowest BCUT2D eigenvalue weighted by Crippen LogP contribution is -2.38. The highest BCUT2D eigenvalue weighted by Crippen LogP contribution is 2.26. The maximum Gasteiger partial charge on any atom is 0.0110 e. The van der Waals surface area contributed by atoms with Crippen LogP contribution in [0.15, 0.2) is 0 Å². The van der Waals surface area contributed by atoms with Crippen LogP contribution in [-0.2, 0) is 0 Å². The Morgan fingerprint density at radius 3 is 2.29 bits per heavy atom. The van der Waals surface area contributed by atoms with E-state index >= 15 is 0 Å². The first-order valence-electron chi connectivity index (χ1n) is 6.07. The summed E-state index contributed by atoms with van der Waals surface area (Å²) in [6.45, 7) is 12.7. The van der Waals surface area contributed by atoms with E-state index in [1.165, 1.54) is 25.9 Å². The molecular weight excluding hydrogens is 172 g/mol. The predicted octanol–water partition coefficient (Wildman–Crippen LogP) is 2.10. The van der Waals surface area contributed by atoms with E-state index in [2.05, 4.69) is 37.9 Å². The molecule has 2 heteroatoms. The minimum absolute atomic E-state index is 0.620. The fraction of sp³-hybridized carbons (Fsp3) is 1.00. The Morgan fingerprint density at radius 2 is 1.86 bits per heavy atom. The average Bonchev–Trinajstić information content (AvgIpc) is 2.83. The first-order valence-corrected chi connectivity index (χ1v) is 6.07. The van der Waals surface area contributed by atoms with Crippen LogP contribution in [-0.4, -0.2) is 36.6 Å². The first kappa shape index (κ1) is 12.0. The molecule has 1 saturated carbocycles. The first-order chi connectivity index (χ1) is 6.59. The van der Waals surface area contributed by atoms with Crippen LogP contribution in [0.25, 0.3) is 0 Å². The number of hydrogen-bond donors (Lipinski definition) is 1. The molecule has 1 N–H and O–H groups in total. The summed E-state index contributed by atoms with van der Waals surface area (Å²) in [6, 6.07) is 1.53. The zero-order chi connectivity index (χ0) is 10.6. The Labute approximate surface area is 89.1 Å². The fourth-order valence-corrected chi connectivity index (χ4v) is 1.83. The van der Waals surface area contributed by atoms with Crippen molar-refractivity contribution in [2.75, 3.05) is 19.6 Å². The van der Waals surface area contributed by atoms with Gasteiger partial charge in [-0.3, -0.25) is 4.90 Å². The van der Waals surface area contributed by atoms with Crippen molar-refractivity contribution in [2.24, 2.45) is 5.92 Å². The number of rotatable bonds is 7. The van der Waals surface area contributed by atoms with Gasteiger partial charge in [-0.05, 0) is 18.8 Å². The van der Waals surface area contributed by atoms with E-state index < -0.39 is 0 Å². The molecule has 0 aromatic heterocycles. The molecule has 2 nitrogen and oxygen atoms in total. The highest BCUT2D eigenvalue weighted by atomic mass is 15.2. The van der Waals surface area contributed by atoms with E-state index in [1.54, 1.807) is 0 Å². The van der Waals surface area contributed by atoms with Gasteiger partial charge in [-0.25, -0.2) is 0 Å². The summed E-state index contributed by atoms with van der Waals surface area (Å²) in [6.07, 6.45) is 2.85. The SMILES string of the molecule is CC(C)CN(CCNC(C)C)C1CC1. The monoisotopic (exact) mass is 198 g/mol. The Bertz CT molecular complexity index is 150. The van der Waals surface area contributed by atoms with Crippen LogP contribution in [0.1, 0.15) is 40.5 Å². The van der Waals surface area contributed by atoms with Gasteiger partial charge < -0.3 is 5.32 Å². The van der Waals surface area contributed by atoms with Gasteiger partial charge in [0.15, 0.2) is 0 Å². The molecule has 0 aromatic carbocycles. The summed E-state index contributed by atoms with van der Waals surface area (Å²) in [5.74, 6) is 0.801. The zero-order valence-corrected chi connectivity index (χ0v) is 10.2. The summed E-state index contributed by atoms with van der Waals surface area (Å²) in [5.41, 5.74) is 0. The highest BCUT2D eigenvalue weighted by Gasteiger charge is 2.28. The van der Waals surface area contributed by atoms with Crippen LogP contribution in [0.3, 0.4) is 0 Å². The number of nitrogens with one attached hydrogen (secondary N) is 1. The molecule has 1 fully saturated rings. The Hall–Kier alpha value is -0.0800. The van der Waals surface area contributed by atoms with Crippen molar-refractivity contribution in [3.8, 4) is 0 Å². The maximum absolute atomic E-state index is 3.49. The third-order valence-electron chi connectivity index (χ3n) is 2.61. The molecular formula is C12H26N2. The summed E-state index contributed by atoms with van der Waals surface area (Å²) in [5, 5.41) is 3.49. The zero-order valence-electron chi connectivity index (χ0n) is 10.2. The second-order valence-corrected chi connectivity index (χ2v) is 5.23. The van der Waals surface area contributed by atoms with E-state index in [4.69, 9.17) is 0 Å². The third-order valence-corrected chi connectivity index (χ3v) is 2.61. The van der Waals surface area contributed by atoms with Gasteiger partial charge in [0.25, 0.3) is 0 Å². The van der Waals surface area contributed by atoms with Crippen LogP contribution in [0.4, 0.5) is 0 Å². The van der Waals surface area contributed by atoms with E-state index in [1.807, 2.05) is 0 Å². The molecule has 0 saturated heterocycles. The molecule has 0 aliphatic heterocycles. The third kappa shape index (κ3) is 4.97. The van der Waals surface area contributed by atoms with E-state index in [0.29, 0.717) is 6.04 Å². The summed E-state index contributed by atoms with van der Waals surface area (Å²) < 4.78 is 0. The lowest BCUT2D eigenvalue weighted by molar-refractivity contribution is 0.232. The van der Waals surface area contributed by atoms with Gasteiger partial charge in [0, 0.05) is 31.7 Å². The number of hydrogen-bond acceptors (Lipinski definition) is 2. The molecule has 1 aliphatic rings. The van der Waals surface area contributed by atoms with Crippen LogP contribution in [0, 0.1) is 5.92 Å². The smallest absolute Gasteiger partial charge is 0.0110 e. The van der Waals surface area contributed by atoms with Gasteiger partial charge in [-0.15, -0.1) is 0 Å². The molecule has 0 bridgehead atoms. The summed E-state index contributed by atoms with van der Waals surface area (Å²) in [7, 11) is 0. The Morgan fingerprint density at radius 1 is 1.21 bits per heavy atom. The van der Waals surface area contributed by atoms with E-state index in [-0.39, 0.29) is 0 Å². The lowest BCUT2D eigenvalue weighted by Gasteiger charge is -2.24. The molecule has 0 heterocycles. The van der Waals surface area contributed by atoms with Crippen molar-refractivity contribution >= 4 is 0 Å². The molecule has 14 heavy (non-hydrogen) atoms. The van der Waals surface area contributed by atoms with Gasteiger partial charge in [0.05, 0.1) is 0 Å². The van der Waals surface area contributed by atoms with Crippen molar-refractivity contribution in [1.82, 2.24) is 10.2 Å². The average molecular weight is 198 g/mol. The summed E-state index contributed by atoms with van der Waals surface area (Å²) >= 11 is 0. The number of nitrogens with zero attached hydrogens (tertiary/aromatic N) is 1.